The predicted octanol–water partition coefficient (Wildman–Crippen LogP) is 9.47. The third kappa shape index (κ3) is 4.21. The fourth-order valence-corrected chi connectivity index (χ4v) is 7.76. The normalized spacial score (nSPS) is 19.8. The summed E-state index contributed by atoms with van der Waals surface area (Å²) in [6.07, 6.45) is 8.47. The monoisotopic (exact) mass is 596 g/mol. The number of benzene rings is 5. The van der Waals surface area contributed by atoms with Gasteiger partial charge in [0.25, 0.3) is 0 Å². The van der Waals surface area contributed by atoms with Crippen LogP contribution in [0.25, 0.3) is 44.1 Å². The molecular formula is C42H36N4. The second-order valence-corrected chi connectivity index (χ2v) is 13.2. The predicted molar refractivity (Wildman–Crippen MR) is 191 cm³/mol. The summed E-state index contributed by atoms with van der Waals surface area (Å²) >= 11 is 0. The van der Waals surface area contributed by atoms with Crippen LogP contribution >= 0.6 is 0 Å². The van der Waals surface area contributed by atoms with E-state index in [-0.39, 0.29) is 17.7 Å². The van der Waals surface area contributed by atoms with Crippen molar-refractivity contribution in [1.29, 1.82) is 0 Å². The third-order valence-electron chi connectivity index (χ3n) is 10.2. The van der Waals surface area contributed by atoms with Gasteiger partial charge in [-0.2, -0.15) is 0 Å². The quantitative estimate of drug-likeness (QED) is 0.214. The second-order valence-electron chi connectivity index (χ2n) is 13.2. The molecule has 0 spiro atoms. The first-order valence-electron chi connectivity index (χ1n) is 16.4. The van der Waals surface area contributed by atoms with Crippen molar-refractivity contribution < 1.29 is 0 Å². The molecule has 0 saturated heterocycles. The highest BCUT2D eigenvalue weighted by atomic mass is 15.4. The van der Waals surface area contributed by atoms with Crippen LogP contribution in [0.3, 0.4) is 0 Å². The average Bonchev–Trinajstić information content (AvgIpc) is 3.56. The molecule has 4 nitrogen and oxygen atoms in total. The maximum absolute atomic E-state index is 5.43. The molecule has 2 heterocycles. The Morgan fingerprint density at radius 1 is 0.717 bits per heavy atom. The topological polar surface area (TPSA) is 41.4 Å². The van der Waals surface area contributed by atoms with E-state index in [0.717, 1.165) is 24.3 Å². The molecule has 2 atom stereocenters. The van der Waals surface area contributed by atoms with Gasteiger partial charge < -0.3 is 5.32 Å². The Balaban J connectivity index is 1.31. The molecule has 224 valence electrons. The highest BCUT2D eigenvalue weighted by molar-refractivity contribution is 6.16. The average molecular weight is 597 g/mol. The molecule has 2 N–H and O–H groups in total. The molecule has 46 heavy (non-hydrogen) atoms. The number of hydrogen-bond acceptors (Lipinski definition) is 3. The molecule has 5 aromatic carbocycles. The molecule has 0 amide bonds. The molecule has 0 radical (unpaired) electrons. The molecule has 4 heteroatoms. The number of rotatable bonds is 3. The summed E-state index contributed by atoms with van der Waals surface area (Å²) < 4.78 is 2.38. The lowest BCUT2D eigenvalue weighted by Crippen LogP contribution is -2.50. The van der Waals surface area contributed by atoms with Crippen LogP contribution in [0.2, 0.25) is 0 Å². The molecule has 0 saturated carbocycles. The van der Waals surface area contributed by atoms with E-state index in [1.165, 1.54) is 60.8 Å². The maximum Gasteiger partial charge on any atom is 0.206 e. The smallest absolute Gasteiger partial charge is 0.206 e. The van der Waals surface area contributed by atoms with E-state index >= 15 is 0 Å². The Hall–Kier alpha value is -5.19. The SMILES string of the molecule is CC1(C)c2ccccc2-c2cc3c4cc(-c5ccccc5)ccc4n(C4=NC(C5=CC=CCC5)NC(c5ccccc5)N4)c3cc21. The van der Waals surface area contributed by atoms with E-state index in [4.69, 9.17) is 4.99 Å². The van der Waals surface area contributed by atoms with Crippen LogP contribution in [0.15, 0.2) is 144 Å². The summed E-state index contributed by atoms with van der Waals surface area (Å²) in [5.74, 6) is 0.869. The lowest BCUT2D eigenvalue weighted by Gasteiger charge is -2.34. The van der Waals surface area contributed by atoms with Crippen molar-refractivity contribution in [3.63, 3.8) is 0 Å². The first-order valence-corrected chi connectivity index (χ1v) is 16.4. The lowest BCUT2D eigenvalue weighted by molar-refractivity contribution is 0.419. The van der Waals surface area contributed by atoms with Crippen LogP contribution in [0.4, 0.5) is 0 Å². The highest BCUT2D eigenvalue weighted by Gasteiger charge is 2.37. The number of allylic oxidation sites excluding steroid dienone is 3. The van der Waals surface area contributed by atoms with Gasteiger partial charge in [-0.15, -0.1) is 0 Å². The van der Waals surface area contributed by atoms with Crippen LogP contribution in [-0.2, 0) is 5.41 Å². The van der Waals surface area contributed by atoms with Crippen molar-refractivity contribution in [3.8, 4) is 22.3 Å². The summed E-state index contributed by atoms with van der Waals surface area (Å²) in [6, 6.07) is 42.0. The van der Waals surface area contributed by atoms with E-state index in [9.17, 15) is 0 Å². The Kier molecular flexibility index (Phi) is 6.16. The minimum Gasteiger partial charge on any atom is -0.336 e. The number of hydrogen-bond donors (Lipinski definition) is 2. The number of fused-ring (bicyclic) bond motifs is 6. The lowest BCUT2D eigenvalue weighted by atomic mass is 9.82. The van der Waals surface area contributed by atoms with E-state index in [0.29, 0.717) is 0 Å². The van der Waals surface area contributed by atoms with Gasteiger partial charge in [-0.05, 0) is 81.6 Å². The summed E-state index contributed by atoms with van der Waals surface area (Å²) in [4.78, 5) is 5.43. The molecule has 1 aliphatic heterocycles. The fourth-order valence-electron chi connectivity index (χ4n) is 7.76. The number of nitrogens with one attached hydrogen (secondary N) is 2. The van der Waals surface area contributed by atoms with Crippen molar-refractivity contribution in [3.05, 3.63) is 156 Å². The largest absolute Gasteiger partial charge is 0.336 e. The van der Waals surface area contributed by atoms with E-state index < -0.39 is 0 Å². The molecule has 2 unspecified atom stereocenters. The van der Waals surface area contributed by atoms with Gasteiger partial charge in [0.05, 0.1) is 11.0 Å². The zero-order valence-electron chi connectivity index (χ0n) is 26.2. The molecule has 0 bridgehead atoms. The molecular weight excluding hydrogens is 560 g/mol. The minimum absolute atomic E-state index is 0.0864. The summed E-state index contributed by atoms with van der Waals surface area (Å²) in [7, 11) is 0. The van der Waals surface area contributed by atoms with Gasteiger partial charge in [0, 0.05) is 16.2 Å². The van der Waals surface area contributed by atoms with Gasteiger partial charge in [-0.3, -0.25) is 9.88 Å². The summed E-state index contributed by atoms with van der Waals surface area (Å²) in [6.45, 7) is 4.71. The van der Waals surface area contributed by atoms with Crippen LogP contribution < -0.4 is 10.6 Å². The third-order valence-corrected chi connectivity index (χ3v) is 10.2. The van der Waals surface area contributed by atoms with Crippen LogP contribution in [0, 0.1) is 0 Å². The van der Waals surface area contributed by atoms with Crippen LogP contribution in [0.5, 0.6) is 0 Å². The molecule has 0 fully saturated rings. The van der Waals surface area contributed by atoms with E-state index in [1.54, 1.807) is 0 Å². The highest BCUT2D eigenvalue weighted by Crippen LogP contribution is 2.50. The first-order chi connectivity index (χ1) is 22.6. The number of nitrogens with zero attached hydrogens (tertiary/aromatic N) is 2. The van der Waals surface area contributed by atoms with Gasteiger partial charge in [-0.1, -0.05) is 123 Å². The Labute approximate surface area is 269 Å². The second kappa shape index (κ2) is 10.4. The van der Waals surface area contributed by atoms with Crippen molar-refractivity contribution in [1.82, 2.24) is 15.2 Å². The standard InChI is InChI=1S/C42H36N4/c1-42(2)35-21-13-12-20-31(35)32-25-34-33-24-30(27-14-6-3-7-15-27)22-23-37(33)46(38(34)26-36(32)42)41-44-39(28-16-8-4-9-17-28)43-40(45-41)29-18-10-5-11-19-29/h3-10,12-18,20-26,39-40,43H,11,19H2,1-2H3,(H,44,45). The van der Waals surface area contributed by atoms with Gasteiger partial charge in [0.1, 0.15) is 12.3 Å². The maximum atomic E-state index is 5.43. The van der Waals surface area contributed by atoms with Crippen LogP contribution in [-0.4, -0.2) is 16.7 Å². The molecule has 2 aliphatic carbocycles. The number of aliphatic imine (C=N–C) groups is 1. The molecule has 6 aromatic rings. The first kappa shape index (κ1) is 27.1. The van der Waals surface area contributed by atoms with Crippen molar-refractivity contribution in [2.45, 2.75) is 44.4 Å². The summed E-state index contributed by atoms with van der Waals surface area (Å²) in [5.41, 5.74) is 12.6. The summed E-state index contributed by atoms with van der Waals surface area (Å²) in [5, 5.41) is 10.1. The Bertz CT molecular complexity index is 2230. The zero-order valence-corrected chi connectivity index (χ0v) is 26.2. The fraction of sp³-hybridized carbons (Fsp3) is 0.167. The molecule has 1 aromatic heterocycles. The van der Waals surface area contributed by atoms with Crippen molar-refractivity contribution >= 4 is 27.8 Å². The van der Waals surface area contributed by atoms with Gasteiger partial charge >= 0.3 is 0 Å². The van der Waals surface area contributed by atoms with E-state index in [2.05, 4.69) is 163 Å². The molecule has 3 aliphatic rings. The van der Waals surface area contributed by atoms with Crippen molar-refractivity contribution in [2.75, 3.05) is 0 Å². The minimum atomic E-state index is -0.127. The van der Waals surface area contributed by atoms with Gasteiger partial charge in [0.2, 0.25) is 5.96 Å². The Morgan fingerprint density at radius 2 is 1.48 bits per heavy atom. The zero-order chi connectivity index (χ0) is 30.8. The van der Waals surface area contributed by atoms with E-state index in [1.807, 2.05) is 0 Å². The van der Waals surface area contributed by atoms with Gasteiger partial charge in [-0.25, -0.2) is 4.99 Å². The number of aromatic nitrogens is 1. The van der Waals surface area contributed by atoms with Crippen LogP contribution in [0.1, 0.15) is 49.5 Å². The molecule has 9 rings (SSSR count). The van der Waals surface area contributed by atoms with Gasteiger partial charge in [0.15, 0.2) is 0 Å². The Morgan fingerprint density at radius 3 is 2.28 bits per heavy atom. The van der Waals surface area contributed by atoms with Crippen molar-refractivity contribution in [2.24, 2.45) is 4.99 Å².